The van der Waals surface area contributed by atoms with Crippen LogP contribution in [0.25, 0.3) is 0 Å². The quantitative estimate of drug-likeness (QED) is 0.675. The molecule has 0 amide bonds. The van der Waals surface area contributed by atoms with Gasteiger partial charge in [0.25, 0.3) is 0 Å². The zero-order chi connectivity index (χ0) is 11.1. The monoisotopic (exact) mass is 213 g/mol. The maximum atomic E-state index is 9.71. The van der Waals surface area contributed by atoms with E-state index in [1.165, 1.54) is 6.33 Å². The molecule has 1 atom stereocenters. The summed E-state index contributed by atoms with van der Waals surface area (Å²) in [5.41, 5.74) is 0. The zero-order valence-corrected chi connectivity index (χ0v) is 9.39. The van der Waals surface area contributed by atoms with Gasteiger partial charge in [0.05, 0.1) is 6.10 Å². The van der Waals surface area contributed by atoms with Crippen LogP contribution in [0.1, 0.15) is 26.1 Å². The summed E-state index contributed by atoms with van der Waals surface area (Å²) in [5, 5.41) is 13.8. The van der Waals surface area contributed by atoms with Crippen LogP contribution in [0.4, 0.5) is 0 Å². The Balaban J connectivity index is 2.33. The summed E-state index contributed by atoms with van der Waals surface area (Å²) in [6.07, 6.45) is 2.31. The SMILES string of the molecule is CCOCCC(O)Cc1ncnn1CC. The van der Waals surface area contributed by atoms with E-state index in [0.29, 0.717) is 26.1 Å². The van der Waals surface area contributed by atoms with Gasteiger partial charge in [-0.25, -0.2) is 4.98 Å². The Morgan fingerprint density at radius 3 is 3.00 bits per heavy atom. The number of rotatable bonds is 7. The first-order valence-electron chi connectivity index (χ1n) is 5.40. The first kappa shape index (κ1) is 12.1. The van der Waals surface area contributed by atoms with Crippen LogP contribution in [-0.2, 0) is 17.7 Å². The van der Waals surface area contributed by atoms with E-state index in [2.05, 4.69) is 10.1 Å². The average molecular weight is 213 g/mol. The average Bonchev–Trinajstić information content (AvgIpc) is 2.65. The number of ether oxygens (including phenoxy) is 1. The summed E-state index contributed by atoms with van der Waals surface area (Å²) in [5.74, 6) is 0.835. The lowest BCUT2D eigenvalue weighted by atomic mass is 10.2. The fourth-order valence-electron chi connectivity index (χ4n) is 1.39. The van der Waals surface area contributed by atoms with Crippen LogP contribution in [-0.4, -0.2) is 39.2 Å². The molecule has 0 fully saturated rings. The third-order valence-corrected chi connectivity index (χ3v) is 2.21. The van der Waals surface area contributed by atoms with Gasteiger partial charge in [-0.05, 0) is 20.3 Å². The molecule has 1 unspecified atom stereocenters. The predicted octanol–water partition coefficient (Wildman–Crippen LogP) is 0.628. The summed E-state index contributed by atoms with van der Waals surface area (Å²) in [7, 11) is 0. The molecule has 1 aromatic heterocycles. The van der Waals surface area contributed by atoms with Gasteiger partial charge in [0, 0.05) is 26.2 Å². The number of aryl methyl sites for hydroxylation is 1. The molecule has 0 aromatic carbocycles. The molecule has 1 rings (SSSR count). The smallest absolute Gasteiger partial charge is 0.138 e. The first-order chi connectivity index (χ1) is 7.27. The number of aliphatic hydroxyl groups is 1. The van der Waals surface area contributed by atoms with Crippen LogP contribution in [0.5, 0.6) is 0 Å². The second kappa shape index (κ2) is 6.53. The maximum Gasteiger partial charge on any atom is 0.138 e. The number of nitrogens with zero attached hydrogens (tertiary/aromatic N) is 3. The third kappa shape index (κ3) is 3.97. The lowest BCUT2D eigenvalue weighted by molar-refractivity contribution is 0.0872. The van der Waals surface area contributed by atoms with Crippen molar-refractivity contribution in [2.75, 3.05) is 13.2 Å². The van der Waals surface area contributed by atoms with Crippen LogP contribution in [0.3, 0.4) is 0 Å². The van der Waals surface area contributed by atoms with E-state index in [4.69, 9.17) is 4.74 Å². The van der Waals surface area contributed by atoms with Crippen LogP contribution < -0.4 is 0 Å². The van der Waals surface area contributed by atoms with Crippen LogP contribution >= 0.6 is 0 Å². The van der Waals surface area contributed by atoms with Crippen molar-refractivity contribution in [3.63, 3.8) is 0 Å². The molecule has 1 aromatic rings. The van der Waals surface area contributed by atoms with Crippen molar-refractivity contribution in [3.8, 4) is 0 Å². The molecule has 1 heterocycles. The van der Waals surface area contributed by atoms with Gasteiger partial charge in [0.1, 0.15) is 12.2 Å². The number of hydrogen-bond donors (Lipinski definition) is 1. The highest BCUT2D eigenvalue weighted by Crippen LogP contribution is 2.03. The highest BCUT2D eigenvalue weighted by molar-refractivity contribution is 4.87. The summed E-state index contributed by atoms with van der Waals surface area (Å²) < 4.78 is 6.97. The predicted molar refractivity (Wildman–Crippen MR) is 56.5 cm³/mol. The van der Waals surface area contributed by atoms with E-state index >= 15 is 0 Å². The molecule has 0 saturated heterocycles. The van der Waals surface area contributed by atoms with Crippen molar-refractivity contribution in [2.45, 2.75) is 39.3 Å². The van der Waals surface area contributed by atoms with Crippen molar-refractivity contribution in [1.82, 2.24) is 14.8 Å². The lowest BCUT2D eigenvalue weighted by Gasteiger charge is -2.10. The highest BCUT2D eigenvalue weighted by atomic mass is 16.5. The fraction of sp³-hybridized carbons (Fsp3) is 0.800. The van der Waals surface area contributed by atoms with Crippen LogP contribution in [0.2, 0.25) is 0 Å². The van der Waals surface area contributed by atoms with Crippen molar-refractivity contribution >= 4 is 0 Å². The van der Waals surface area contributed by atoms with Gasteiger partial charge in [0.2, 0.25) is 0 Å². The van der Waals surface area contributed by atoms with E-state index in [-0.39, 0.29) is 0 Å². The molecule has 5 nitrogen and oxygen atoms in total. The largest absolute Gasteiger partial charge is 0.393 e. The molecule has 0 aliphatic heterocycles. The molecule has 0 saturated carbocycles. The molecule has 0 bridgehead atoms. The Labute approximate surface area is 90.1 Å². The van der Waals surface area contributed by atoms with Gasteiger partial charge < -0.3 is 9.84 Å². The molecule has 0 aliphatic carbocycles. The maximum absolute atomic E-state index is 9.71. The van der Waals surface area contributed by atoms with E-state index < -0.39 is 6.10 Å². The summed E-state index contributed by atoms with van der Waals surface area (Å²) in [6, 6.07) is 0. The molecule has 1 N–H and O–H groups in total. The van der Waals surface area contributed by atoms with E-state index in [0.717, 1.165) is 12.4 Å². The Hall–Kier alpha value is -0.940. The van der Waals surface area contributed by atoms with Gasteiger partial charge in [-0.1, -0.05) is 0 Å². The lowest BCUT2D eigenvalue weighted by Crippen LogP contribution is -2.17. The molecule has 0 aliphatic rings. The molecule has 0 radical (unpaired) electrons. The third-order valence-electron chi connectivity index (χ3n) is 2.21. The van der Waals surface area contributed by atoms with Gasteiger partial charge in [-0.3, -0.25) is 4.68 Å². The highest BCUT2D eigenvalue weighted by Gasteiger charge is 2.10. The molecule has 86 valence electrons. The Kier molecular flexibility index (Phi) is 5.28. The summed E-state index contributed by atoms with van der Waals surface area (Å²) in [6.45, 7) is 6.02. The summed E-state index contributed by atoms with van der Waals surface area (Å²) in [4.78, 5) is 4.11. The normalized spacial score (nSPS) is 13.0. The standard InChI is InChI=1S/C10H19N3O2/c1-3-13-10(11-8-12-13)7-9(14)5-6-15-4-2/h8-9,14H,3-7H2,1-2H3. The molecule has 15 heavy (non-hydrogen) atoms. The molecule has 5 heteroatoms. The molecular weight excluding hydrogens is 194 g/mol. The molecular formula is C10H19N3O2. The zero-order valence-electron chi connectivity index (χ0n) is 9.39. The fourth-order valence-corrected chi connectivity index (χ4v) is 1.39. The Bertz CT molecular complexity index is 275. The molecule has 0 spiro atoms. The number of hydrogen-bond acceptors (Lipinski definition) is 4. The van der Waals surface area contributed by atoms with E-state index in [1.807, 2.05) is 13.8 Å². The van der Waals surface area contributed by atoms with Crippen LogP contribution in [0.15, 0.2) is 6.33 Å². The van der Waals surface area contributed by atoms with Gasteiger partial charge in [0.15, 0.2) is 0 Å². The topological polar surface area (TPSA) is 60.2 Å². The van der Waals surface area contributed by atoms with Gasteiger partial charge in [-0.2, -0.15) is 5.10 Å². The number of aliphatic hydroxyl groups excluding tert-OH is 1. The van der Waals surface area contributed by atoms with Crippen molar-refractivity contribution in [3.05, 3.63) is 12.2 Å². The van der Waals surface area contributed by atoms with Gasteiger partial charge >= 0.3 is 0 Å². The Morgan fingerprint density at radius 2 is 2.33 bits per heavy atom. The van der Waals surface area contributed by atoms with Crippen molar-refractivity contribution in [2.24, 2.45) is 0 Å². The second-order valence-corrected chi connectivity index (χ2v) is 3.34. The minimum atomic E-state index is -0.397. The first-order valence-corrected chi connectivity index (χ1v) is 5.40. The second-order valence-electron chi connectivity index (χ2n) is 3.34. The minimum absolute atomic E-state index is 0.397. The summed E-state index contributed by atoms with van der Waals surface area (Å²) >= 11 is 0. The van der Waals surface area contributed by atoms with E-state index in [1.54, 1.807) is 4.68 Å². The Morgan fingerprint density at radius 1 is 1.53 bits per heavy atom. The van der Waals surface area contributed by atoms with Gasteiger partial charge in [-0.15, -0.1) is 0 Å². The van der Waals surface area contributed by atoms with Crippen molar-refractivity contribution in [1.29, 1.82) is 0 Å². The van der Waals surface area contributed by atoms with E-state index in [9.17, 15) is 5.11 Å². The minimum Gasteiger partial charge on any atom is -0.393 e. The van der Waals surface area contributed by atoms with Crippen molar-refractivity contribution < 1.29 is 9.84 Å². The number of aromatic nitrogens is 3. The van der Waals surface area contributed by atoms with Crippen LogP contribution in [0, 0.1) is 0 Å².